The van der Waals surface area contributed by atoms with Crippen molar-refractivity contribution in [2.24, 2.45) is 5.73 Å². The van der Waals surface area contributed by atoms with Gasteiger partial charge < -0.3 is 5.73 Å². The minimum Gasteiger partial charge on any atom is -0.328 e. The maximum Gasteiger partial charge on any atom is 0.00104 e. The molecule has 1 unspecified atom stereocenters. The van der Waals surface area contributed by atoms with E-state index in [1.165, 1.54) is 116 Å². The first kappa shape index (κ1) is 25.7. The van der Waals surface area contributed by atoms with Crippen LogP contribution in [-0.4, -0.2) is 6.04 Å². The maximum absolute atomic E-state index is 5.76. The van der Waals surface area contributed by atoms with Crippen LogP contribution in [0.1, 0.15) is 129 Å². The quantitative estimate of drug-likeness (QED) is 0.235. The summed E-state index contributed by atoms with van der Waals surface area (Å²) in [5.41, 5.74) is 5.76. The molecule has 0 heterocycles. The zero-order valence-electron chi connectivity index (χ0n) is 16.3. The lowest BCUT2D eigenvalue weighted by molar-refractivity contribution is 0.519. The Kier molecular flexibility index (Phi) is 25.1. The van der Waals surface area contributed by atoms with Gasteiger partial charge in [-0.25, -0.2) is 0 Å². The average molecular weight is 393 g/mol. The summed E-state index contributed by atoms with van der Waals surface area (Å²) in [6, 6.07) is 0.399. The topological polar surface area (TPSA) is 26.0 Å². The molecule has 0 fully saturated rings. The van der Waals surface area contributed by atoms with Crippen molar-refractivity contribution < 1.29 is 0 Å². The Bertz CT molecular complexity index is 194. The van der Waals surface area contributed by atoms with E-state index in [1.54, 1.807) is 0 Å². The van der Waals surface area contributed by atoms with Crippen LogP contribution in [0, 0.1) is 0 Å². The Labute approximate surface area is 158 Å². The molecule has 23 heavy (non-hydrogen) atoms. The van der Waals surface area contributed by atoms with Gasteiger partial charge in [-0.3, -0.25) is 0 Å². The van der Waals surface area contributed by atoms with Crippen LogP contribution < -0.4 is 5.73 Å². The van der Waals surface area contributed by atoms with E-state index in [0.29, 0.717) is 6.04 Å². The summed E-state index contributed by atoms with van der Waals surface area (Å²) in [4.78, 5) is 0. The molecule has 0 saturated carbocycles. The third-order valence-electron chi connectivity index (χ3n) is 4.76. The molecule has 0 rings (SSSR count). The molecule has 2 N–H and O–H groups in total. The lowest BCUT2D eigenvalue weighted by atomic mass is 10.0. The van der Waals surface area contributed by atoms with Crippen LogP contribution in [0.2, 0.25) is 0 Å². The van der Waals surface area contributed by atoms with Crippen molar-refractivity contribution >= 4 is 17.0 Å². The van der Waals surface area contributed by atoms with Gasteiger partial charge in [-0.1, -0.05) is 116 Å². The first-order valence-electron chi connectivity index (χ1n) is 10.5. The highest BCUT2D eigenvalue weighted by Gasteiger charge is 1.96. The SMILES string of the molecule is Br.CCCCCCCCCCCCCCCCCCCC(C)N. The summed E-state index contributed by atoms with van der Waals surface area (Å²) in [5, 5.41) is 0. The van der Waals surface area contributed by atoms with E-state index in [1.807, 2.05) is 0 Å². The average Bonchev–Trinajstić information content (AvgIpc) is 2.50. The van der Waals surface area contributed by atoms with Crippen molar-refractivity contribution in [1.82, 2.24) is 0 Å². The standard InChI is InChI=1S/C21H45N.BrH/c1-3-4-5-6-7-8-9-10-11-12-13-14-15-16-17-18-19-20-21(2)22;/h21H,3-20,22H2,1-2H3;1H. The molecule has 0 aliphatic carbocycles. The van der Waals surface area contributed by atoms with Gasteiger partial charge in [-0.15, -0.1) is 17.0 Å². The molecule has 0 aromatic rings. The van der Waals surface area contributed by atoms with Crippen molar-refractivity contribution in [3.8, 4) is 0 Å². The Morgan fingerprint density at radius 2 is 0.783 bits per heavy atom. The van der Waals surface area contributed by atoms with Gasteiger partial charge in [0.25, 0.3) is 0 Å². The predicted octanol–water partition coefficient (Wildman–Crippen LogP) is 7.95. The molecule has 0 aromatic carbocycles. The largest absolute Gasteiger partial charge is 0.328 e. The van der Waals surface area contributed by atoms with Gasteiger partial charge in [0, 0.05) is 6.04 Å². The lowest BCUT2D eigenvalue weighted by Crippen LogP contribution is -2.13. The molecule has 0 aliphatic rings. The van der Waals surface area contributed by atoms with E-state index in [0.717, 1.165) is 0 Å². The molecular weight excluding hydrogens is 346 g/mol. The summed E-state index contributed by atoms with van der Waals surface area (Å²) in [6.07, 6.45) is 25.8. The third kappa shape index (κ3) is 24.8. The van der Waals surface area contributed by atoms with Gasteiger partial charge >= 0.3 is 0 Å². The Hall–Kier alpha value is 0.440. The van der Waals surface area contributed by atoms with Crippen molar-refractivity contribution in [3.05, 3.63) is 0 Å². The number of nitrogens with two attached hydrogens (primary N) is 1. The first-order valence-corrected chi connectivity index (χ1v) is 10.5. The molecule has 1 nitrogen and oxygen atoms in total. The Morgan fingerprint density at radius 3 is 1.04 bits per heavy atom. The monoisotopic (exact) mass is 391 g/mol. The molecule has 0 amide bonds. The lowest BCUT2D eigenvalue weighted by Gasteiger charge is -2.05. The van der Waals surface area contributed by atoms with Crippen molar-refractivity contribution in [2.75, 3.05) is 0 Å². The normalized spacial score (nSPS) is 12.1. The van der Waals surface area contributed by atoms with Gasteiger partial charge in [-0.05, 0) is 13.3 Å². The summed E-state index contributed by atoms with van der Waals surface area (Å²) < 4.78 is 0. The molecule has 0 aliphatic heterocycles. The van der Waals surface area contributed by atoms with Crippen molar-refractivity contribution in [3.63, 3.8) is 0 Å². The number of unbranched alkanes of at least 4 members (excludes halogenated alkanes) is 16. The van der Waals surface area contributed by atoms with E-state index in [2.05, 4.69) is 13.8 Å². The summed E-state index contributed by atoms with van der Waals surface area (Å²) in [6.45, 7) is 4.41. The maximum atomic E-state index is 5.76. The second-order valence-electron chi connectivity index (χ2n) is 7.42. The van der Waals surface area contributed by atoms with Crippen molar-refractivity contribution in [2.45, 2.75) is 135 Å². The molecule has 1 atom stereocenters. The van der Waals surface area contributed by atoms with E-state index >= 15 is 0 Å². The van der Waals surface area contributed by atoms with E-state index < -0.39 is 0 Å². The summed E-state index contributed by atoms with van der Waals surface area (Å²) in [5.74, 6) is 0. The molecule has 0 saturated heterocycles. The van der Waals surface area contributed by atoms with E-state index in [9.17, 15) is 0 Å². The predicted molar refractivity (Wildman–Crippen MR) is 113 cm³/mol. The Morgan fingerprint density at radius 1 is 0.522 bits per heavy atom. The van der Waals surface area contributed by atoms with Gasteiger partial charge in [0.15, 0.2) is 0 Å². The summed E-state index contributed by atoms with van der Waals surface area (Å²) in [7, 11) is 0. The van der Waals surface area contributed by atoms with Crippen LogP contribution in [0.25, 0.3) is 0 Å². The number of hydrogen-bond acceptors (Lipinski definition) is 1. The molecule has 0 radical (unpaired) electrons. The smallest absolute Gasteiger partial charge is 0.00104 e. The number of hydrogen-bond donors (Lipinski definition) is 1. The van der Waals surface area contributed by atoms with Crippen LogP contribution in [0.4, 0.5) is 0 Å². The second-order valence-corrected chi connectivity index (χ2v) is 7.42. The van der Waals surface area contributed by atoms with Crippen LogP contribution in [-0.2, 0) is 0 Å². The van der Waals surface area contributed by atoms with E-state index in [-0.39, 0.29) is 17.0 Å². The van der Waals surface area contributed by atoms with Gasteiger partial charge in [0.2, 0.25) is 0 Å². The highest BCUT2D eigenvalue weighted by atomic mass is 79.9. The zero-order chi connectivity index (χ0) is 16.3. The summed E-state index contributed by atoms with van der Waals surface area (Å²) >= 11 is 0. The molecule has 0 bridgehead atoms. The third-order valence-corrected chi connectivity index (χ3v) is 4.76. The first-order chi connectivity index (χ1) is 10.8. The minimum absolute atomic E-state index is 0. The van der Waals surface area contributed by atoms with Gasteiger partial charge in [-0.2, -0.15) is 0 Å². The van der Waals surface area contributed by atoms with Crippen LogP contribution in [0.3, 0.4) is 0 Å². The fraction of sp³-hybridized carbons (Fsp3) is 1.00. The van der Waals surface area contributed by atoms with Crippen LogP contribution in [0.5, 0.6) is 0 Å². The minimum atomic E-state index is 0. The molecule has 0 aromatic heterocycles. The van der Waals surface area contributed by atoms with Crippen LogP contribution >= 0.6 is 17.0 Å². The number of halogens is 1. The highest BCUT2D eigenvalue weighted by Crippen LogP contribution is 2.14. The molecule has 2 heteroatoms. The molecule has 142 valence electrons. The van der Waals surface area contributed by atoms with Crippen molar-refractivity contribution in [1.29, 1.82) is 0 Å². The zero-order valence-corrected chi connectivity index (χ0v) is 18.0. The van der Waals surface area contributed by atoms with Gasteiger partial charge in [0.05, 0.1) is 0 Å². The molecular formula is C21H46BrN. The number of rotatable bonds is 18. The van der Waals surface area contributed by atoms with Gasteiger partial charge in [0.1, 0.15) is 0 Å². The second kappa shape index (κ2) is 22.4. The fourth-order valence-electron chi connectivity index (χ4n) is 3.19. The van der Waals surface area contributed by atoms with Crippen LogP contribution in [0.15, 0.2) is 0 Å². The molecule has 0 spiro atoms. The highest BCUT2D eigenvalue weighted by molar-refractivity contribution is 8.93. The van der Waals surface area contributed by atoms with E-state index in [4.69, 9.17) is 5.73 Å². The Balaban J connectivity index is 0. The fourth-order valence-corrected chi connectivity index (χ4v) is 3.19.